The molecule has 1 aromatic carbocycles. The van der Waals surface area contributed by atoms with E-state index in [1.807, 2.05) is 37.3 Å². The average Bonchev–Trinajstić information content (AvgIpc) is 2.52. The van der Waals surface area contributed by atoms with E-state index >= 15 is 0 Å². The first-order valence-electron chi connectivity index (χ1n) is 7.40. The predicted molar refractivity (Wildman–Crippen MR) is 80.1 cm³/mol. The summed E-state index contributed by atoms with van der Waals surface area (Å²) in [5.41, 5.74) is 0.778. The molecule has 0 bridgehead atoms. The van der Waals surface area contributed by atoms with Crippen LogP contribution in [0.15, 0.2) is 30.3 Å². The van der Waals surface area contributed by atoms with Gasteiger partial charge in [-0.05, 0) is 26.4 Å². The Hall–Kier alpha value is -1.23. The molecule has 20 heavy (non-hydrogen) atoms. The molecule has 1 heterocycles. The van der Waals surface area contributed by atoms with Gasteiger partial charge in [-0.2, -0.15) is 0 Å². The van der Waals surface area contributed by atoms with Crippen LogP contribution >= 0.6 is 0 Å². The number of ether oxygens (including phenoxy) is 1. The van der Waals surface area contributed by atoms with Crippen LogP contribution < -0.4 is 5.32 Å². The summed E-state index contributed by atoms with van der Waals surface area (Å²) in [6.45, 7) is 7.62. The number of Topliss-reactive ketones (excluding diaryl/α,β-unsaturated/α-hetero) is 1. The Morgan fingerprint density at radius 2 is 2.00 bits per heavy atom. The number of hydrogen-bond acceptors (Lipinski definition) is 4. The zero-order valence-electron chi connectivity index (χ0n) is 12.2. The smallest absolute Gasteiger partial charge is 0.179 e. The van der Waals surface area contributed by atoms with E-state index in [0.29, 0.717) is 0 Å². The first kappa shape index (κ1) is 15.2. The first-order chi connectivity index (χ1) is 9.77. The molecule has 1 saturated heterocycles. The molecule has 0 saturated carbocycles. The minimum atomic E-state index is -0.123. The third-order valence-corrected chi connectivity index (χ3v) is 3.66. The number of carbonyl (C=O) groups is 1. The Morgan fingerprint density at radius 1 is 1.30 bits per heavy atom. The summed E-state index contributed by atoms with van der Waals surface area (Å²) in [7, 11) is 0. The van der Waals surface area contributed by atoms with Crippen LogP contribution in [0.3, 0.4) is 0 Å². The summed E-state index contributed by atoms with van der Waals surface area (Å²) in [6.07, 6.45) is 1.06. The van der Waals surface area contributed by atoms with Gasteiger partial charge in [-0.15, -0.1) is 0 Å². The average molecular weight is 276 g/mol. The van der Waals surface area contributed by atoms with Gasteiger partial charge in [-0.3, -0.25) is 9.69 Å². The molecule has 1 fully saturated rings. The Bertz CT molecular complexity index is 402. The van der Waals surface area contributed by atoms with Crippen molar-refractivity contribution < 1.29 is 9.53 Å². The van der Waals surface area contributed by atoms with E-state index in [9.17, 15) is 4.79 Å². The maximum atomic E-state index is 12.2. The molecule has 110 valence electrons. The molecule has 0 aliphatic carbocycles. The Labute approximate surface area is 121 Å². The van der Waals surface area contributed by atoms with E-state index in [1.165, 1.54) is 0 Å². The number of carbonyl (C=O) groups excluding carboxylic acids is 1. The topological polar surface area (TPSA) is 41.6 Å². The quantitative estimate of drug-likeness (QED) is 0.606. The maximum Gasteiger partial charge on any atom is 0.179 e. The van der Waals surface area contributed by atoms with Crippen LogP contribution in [0.5, 0.6) is 0 Å². The number of benzene rings is 1. The third-order valence-electron chi connectivity index (χ3n) is 3.66. The summed E-state index contributed by atoms with van der Waals surface area (Å²) in [6, 6.07) is 9.35. The number of nitrogens with one attached hydrogen (secondary N) is 1. The van der Waals surface area contributed by atoms with E-state index in [4.69, 9.17) is 4.74 Å². The predicted octanol–water partition coefficient (Wildman–Crippen LogP) is 1.57. The number of ketones is 1. The van der Waals surface area contributed by atoms with Gasteiger partial charge in [0.2, 0.25) is 0 Å². The van der Waals surface area contributed by atoms with Gasteiger partial charge in [0.15, 0.2) is 5.78 Å². The van der Waals surface area contributed by atoms with Crippen molar-refractivity contribution in [1.29, 1.82) is 0 Å². The molecular formula is C16H24N2O2. The van der Waals surface area contributed by atoms with Crippen molar-refractivity contribution >= 4 is 5.78 Å². The number of hydrogen-bond donors (Lipinski definition) is 1. The molecule has 2 rings (SSSR count). The molecule has 0 spiro atoms. The second kappa shape index (κ2) is 8.15. The lowest BCUT2D eigenvalue weighted by Gasteiger charge is -2.26. The molecule has 4 heteroatoms. The molecular weight excluding hydrogens is 252 g/mol. The van der Waals surface area contributed by atoms with Gasteiger partial charge in [-0.25, -0.2) is 0 Å². The van der Waals surface area contributed by atoms with Crippen molar-refractivity contribution in [2.24, 2.45) is 0 Å². The van der Waals surface area contributed by atoms with Gasteiger partial charge in [-0.1, -0.05) is 30.3 Å². The third kappa shape index (κ3) is 4.71. The van der Waals surface area contributed by atoms with Crippen molar-refractivity contribution in [3.8, 4) is 0 Å². The standard InChI is InChI=1S/C16H24N2O2/c1-14(16(19)15-6-3-2-4-7-15)17-8-5-9-18-10-12-20-13-11-18/h2-4,6-7,14,17H,5,8-13H2,1H3. The van der Waals surface area contributed by atoms with Crippen molar-refractivity contribution in [1.82, 2.24) is 10.2 Å². The Kier molecular flexibility index (Phi) is 6.18. The SMILES string of the molecule is CC(NCCCN1CCOCC1)C(=O)c1ccccc1. The van der Waals surface area contributed by atoms with Crippen molar-refractivity contribution in [2.75, 3.05) is 39.4 Å². The second-order valence-corrected chi connectivity index (χ2v) is 5.21. The summed E-state index contributed by atoms with van der Waals surface area (Å²) in [4.78, 5) is 14.6. The molecule has 0 radical (unpaired) electrons. The highest BCUT2D eigenvalue weighted by atomic mass is 16.5. The van der Waals surface area contributed by atoms with E-state index in [0.717, 1.165) is 51.4 Å². The highest BCUT2D eigenvalue weighted by Gasteiger charge is 2.14. The van der Waals surface area contributed by atoms with Gasteiger partial charge >= 0.3 is 0 Å². The van der Waals surface area contributed by atoms with Gasteiger partial charge in [0, 0.05) is 18.7 Å². The molecule has 1 atom stereocenters. The Balaban J connectivity index is 1.64. The molecule has 1 aliphatic heterocycles. The molecule has 1 aromatic rings. The van der Waals surface area contributed by atoms with Crippen LogP contribution in [-0.2, 0) is 4.74 Å². The first-order valence-corrected chi connectivity index (χ1v) is 7.40. The van der Waals surface area contributed by atoms with E-state index in [-0.39, 0.29) is 11.8 Å². The Morgan fingerprint density at radius 3 is 2.70 bits per heavy atom. The van der Waals surface area contributed by atoms with Gasteiger partial charge in [0.1, 0.15) is 0 Å². The largest absolute Gasteiger partial charge is 0.379 e. The molecule has 1 unspecified atom stereocenters. The van der Waals surface area contributed by atoms with Crippen LogP contribution in [0.1, 0.15) is 23.7 Å². The fourth-order valence-corrected chi connectivity index (χ4v) is 2.39. The highest BCUT2D eigenvalue weighted by Crippen LogP contribution is 2.03. The summed E-state index contributed by atoms with van der Waals surface area (Å²) in [5, 5.41) is 3.31. The van der Waals surface area contributed by atoms with Crippen LogP contribution in [0.2, 0.25) is 0 Å². The number of morpholine rings is 1. The molecule has 1 N–H and O–H groups in total. The molecule has 4 nitrogen and oxygen atoms in total. The second-order valence-electron chi connectivity index (χ2n) is 5.21. The number of rotatable bonds is 7. The van der Waals surface area contributed by atoms with Gasteiger partial charge < -0.3 is 10.1 Å². The maximum absolute atomic E-state index is 12.2. The minimum absolute atomic E-state index is 0.123. The fourth-order valence-electron chi connectivity index (χ4n) is 2.39. The van der Waals surface area contributed by atoms with Crippen molar-refractivity contribution in [3.63, 3.8) is 0 Å². The summed E-state index contributed by atoms with van der Waals surface area (Å²) < 4.78 is 5.32. The molecule has 0 aromatic heterocycles. The van der Waals surface area contributed by atoms with E-state index < -0.39 is 0 Å². The zero-order valence-corrected chi connectivity index (χ0v) is 12.2. The highest BCUT2D eigenvalue weighted by molar-refractivity contribution is 5.99. The van der Waals surface area contributed by atoms with Gasteiger partial charge in [0.25, 0.3) is 0 Å². The summed E-state index contributed by atoms with van der Waals surface area (Å²) >= 11 is 0. The lowest BCUT2D eigenvalue weighted by Crippen LogP contribution is -2.39. The summed E-state index contributed by atoms with van der Waals surface area (Å²) in [5.74, 6) is 0.164. The monoisotopic (exact) mass is 276 g/mol. The lowest BCUT2D eigenvalue weighted by molar-refractivity contribution is 0.0374. The zero-order chi connectivity index (χ0) is 14.2. The van der Waals surface area contributed by atoms with Crippen LogP contribution in [0, 0.1) is 0 Å². The number of nitrogens with zero attached hydrogens (tertiary/aromatic N) is 1. The molecule has 1 aliphatic rings. The normalized spacial score (nSPS) is 17.9. The van der Waals surface area contributed by atoms with Crippen LogP contribution in [-0.4, -0.2) is 56.1 Å². The van der Waals surface area contributed by atoms with E-state index in [2.05, 4.69) is 10.2 Å². The molecule has 0 amide bonds. The van der Waals surface area contributed by atoms with Gasteiger partial charge in [0.05, 0.1) is 19.3 Å². The van der Waals surface area contributed by atoms with Crippen molar-refractivity contribution in [2.45, 2.75) is 19.4 Å². The minimum Gasteiger partial charge on any atom is -0.379 e. The fraction of sp³-hybridized carbons (Fsp3) is 0.562. The lowest BCUT2D eigenvalue weighted by atomic mass is 10.1. The van der Waals surface area contributed by atoms with E-state index in [1.54, 1.807) is 0 Å². The van der Waals surface area contributed by atoms with Crippen LogP contribution in [0.25, 0.3) is 0 Å². The van der Waals surface area contributed by atoms with Crippen molar-refractivity contribution in [3.05, 3.63) is 35.9 Å². The van der Waals surface area contributed by atoms with Crippen LogP contribution in [0.4, 0.5) is 0 Å².